The minimum absolute atomic E-state index is 0.118. The molecule has 0 radical (unpaired) electrons. The molecule has 0 saturated carbocycles. The number of hydrogen-bond acceptors (Lipinski definition) is 4. The summed E-state index contributed by atoms with van der Waals surface area (Å²) >= 11 is 0. The van der Waals surface area contributed by atoms with Gasteiger partial charge < -0.3 is 5.32 Å². The Morgan fingerprint density at radius 1 is 1.07 bits per heavy atom. The van der Waals surface area contributed by atoms with Crippen LogP contribution in [0.1, 0.15) is 35.3 Å². The van der Waals surface area contributed by atoms with E-state index in [1.54, 1.807) is 37.3 Å². The van der Waals surface area contributed by atoms with E-state index in [4.69, 9.17) is 0 Å². The fourth-order valence-electron chi connectivity index (χ4n) is 2.80. The van der Waals surface area contributed by atoms with E-state index in [0.29, 0.717) is 16.9 Å². The van der Waals surface area contributed by atoms with Gasteiger partial charge in [-0.25, -0.2) is 8.42 Å². The molecule has 0 aromatic heterocycles. The normalized spacial score (nSPS) is 12.3. The number of aryl methyl sites for hydroxylation is 2. The first kappa shape index (κ1) is 20.6. The second-order valence-electron chi connectivity index (χ2n) is 6.65. The number of nitrogens with one attached hydrogen (secondary N) is 1. The second kappa shape index (κ2) is 7.92. The van der Waals surface area contributed by atoms with Crippen molar-refractivity contribution in [1.29, 1.82) is 0 Å². The van der Waals surface area contributed by atoms with Crippen molar-refractivity contribution in [2.24, 2.45) is 0 Å². The van der Waals surface area contributed by atoms with Crippen molar-refractivity contribution in [2.45, 2.75) is 33.7 Å². The first-order chi connectivity index (χ1) is 12.5. The van der Waals surface area contributed by atoms with Crippen molar-refractivity contribution in [1.82, 2.24) is 0 Å². The van der Waals surface area contributed by atoms with Gasteiger partial charge in [-0.3, -0.25) is 13.9 Å². The van der Waals surface area contributed by atoms with Crippen LogP contribution in [-0.4, -0.2) is 32.4 Å². The number of amides is 1. The molecule has 0 unspecified atom stereocenters. The van der Waals surface area contributed by atoms with Gasteiger partial charge in [0.2, 0.25) is 15.9 Å². The topological polar surface area (TPSA) is 83.6 Å². The fraction of sp³-hybridized carbons (Fsp3) is 0.300. The molecule has 0 spiro atoms. The monoisotopic (exact) mass is 388 g/mol. The summed E-state index contributed by atoms with van der Waals surface area (Å²) in [4.78, 5) is 24.3. The van der Waals surface area contributed by atoms with Gasteiger partial charge in [-0.2, -0.15) is 0 Å². The van der Waals surface area contributed by atoms with E-state index < -0.39 is 22.0 Å². The molecular weight excluding hydrogens is 364 g/mol. The molecule has 2 aromatic carbocycles. The van der Waals surface area contributed by atoms with E-state index in [1.807, 2.05) is 19.1 Å². The molecule has 0 heterocycles. The number of carbonyl (C=O) groups is 2. The van der Waals surface area contributed by atoms with Gasteiger partial charge in [0.15, 0.2) is 5.78 Å². The first-order valence-electron chi connectivity index (χ1n) is 8.49. The molecule has 0 aliphatic heterocycles. The summed E-state index contributed by atoms with van der Waals surface area (Å²) in [5.74, 6) is -0.602. The number of carbonyl (C=O) groups excluding carboxylic acids is 2. The van der Waals surface area contributed by atoms with E-state index in [0.717, 1.165) is 21.7 Å². The Kier molecular flexibility index (Phi) is 6.05. The van der Waals surface area contributed by atoms with E-state index >= 15 is 0 Å². The third kappa shape index (κ3) is 4.95. The third-order valence-corrected chi connectivity index (χ3v) is 5.45. The predicted octanol–water partition coefficient (Wildman–Crippen LogP) is 3.30. The lowest BCUT2D eigenvalue weighted by atomic mass is 10.1. The molecule has 0 saturated heterocycles. The summed E-state index contributed by atoms with van der Waals surface area (Å²) in [6.07, 6.45) is 1.08. The van der Waals surface area contributed by atoms with Crippen molar-refractivity contribution in [3.63, 3.8) is 0 Å². The van der Waals surface area contributed by atoms with E-state index in [1.165, 1.54) is 13.8 Å². The fourth-order valence-corrected chi connectivity index (χ4v) is 4.02. The van der Waals surface area contributed by atoms with E-state index in [-0.39, 0.29) is 5.78 Å². The Hall–Kier alpha value is -2.67. The summed E-state index contributed by atoms with van der Waals surface area (Å²) in [5, 5.41) is 2.70. The minimum atomic E-state index is -3.70. The van der Waals surface area contributed by atoms with Gasteiger partial charge >= 0.3 is 0 Å². The highest BCUT2D eigenvalue weighted by atomic mass is 32.2. The Labute approximate surface area is 160 Å². The van der Waals surface area contributed by atoms with Crippen LogP contribution in [0.2, 0.25) is 0 Å². The zero-order valence-corrected chi connectivity index (χ0v) is 16.9. The standard InChI is InChI=1S/C20H24N2O4S/c1-13-9-10-14(2)19(11-13)22(27(5,25)26)15(3)20(24)21-18-8-6-7-17(12-18)16(4)23/h6-12,15H,1-5H3,(H,21,24)/t15-/m0/s1. The Morgan fingerprint density at radius 2 is 1.74 bits per heavy atom. The van der Waals surface area contributed by atoms with Gasteiger partial charge in [0, 0.05) is 11.3 Å². The average molecular weight is 388 g/mol. The van der Waals surface area contributed by atoms with Crippen LogP contribution in [0, 0.1) is 13.8 Å². The molecule has 0 aliphatic carbocycles. The molecule has 0 bridgehead atoms. The molecule has 6 nitrogen and oxygen atoms in total. The summed E-state index contributed by atoms with van der Waals surface area (Å²) in [6.45, 7) is 6.64. The number of hydrogen-bond donors (Lipinski definition) is 1. The Morgan fingerprint density at radius 3 is 2.33 bits per heavy atom. The van der Waals surface area contributed by atoms with Gasteiger partial charge in [-0.15, -0.1) is 0 Å². The van der Waals surface area contributed by atoms with Crippen molar-refractivity contribution in [3.05, 3.63) is 59.2 Å². The lowest BCUT2D eigenvalue weighted by Gasteiger charge is -2.29. The van der Waals surface area contributed by atoms with Crippen LogP contribution in [0.4, 0.5) is 11.4 Å². The third-order valence-electron chi connectivity index (χ3n) is 4.23. The van der Waals surface area contributed by atoms with Crippen LogP contribution >= 0.6 is 0 Å². The molecule has 1 N–H and O–H groups in total. The van der Waals surface area contributed by atoms with E-state index in [9.17, 15) is 18.0 Å². The number of rotatable bonds is 6. The number of sulfonamides is 1. The van der Waals surface area contributed by atoms with Crippen LogP contribution in [-0.2, 0) is 14.8 Å². The number of ketones is 1. The zero-order valence-electron chi connectivity index (χ0n) is 16.1. The molecular formula is C20H24N2O4S. The highest BCUT2D eigenvalue weighted by Crippen LogP contribution is 2.26. The van der Waals surface area contributed by atoms with Crippen LogP contribution < -0.4 is 9.62 Å². The number of anilines is 2. The quantitative estimate of drug-likeness (QED) is 0.770. The molecule has 7 heteroatoms. The van der Waals surface area contributed by atoms with Crippen molar-refractivity contribution >= 4 is 33.1 Å². The highest BCUT2D eigenvalue weighted by molar-refractivity contribution is 7.92. The molecule has 0 aliphatic rings. The largest absolute Gasteiger partial charge is 0.324 e. The SMILES string of the molecule is CC(=O)c1cccc(NC(=O)[C@H](C)N(c2cc(C)ccc2C)S(C)(=O)=O)c1. The number of nitrogens with zero attached hydrogens (tertiary/aromatic N) is 1. The van der Waals surface area contributed by atoms with Gasteiger partial charge in [0.1, 0.15) is 6.04 Å². The van der Waals surface area contributed by atoms with Crippen molar-refractivity contribution < 1.29 is 18.0 Å². The number of benzene rings is 2. The Balaban J connectivity index is 2.37. The molecule has 1 atom stereocenters. The zero-order chi connectivity index (χ0) is 20.4. The molecule has 2 rings (SSSR count). The lowest BCUT2D eigenvalue weighted by molar-refractivity contribution is -0.116. The molecule has 2 aromatic rings. The predicted molar refractivity (Wildman–Crippen MR) is 108 cm³/mol. The minimum Gasteiger partial charge on any atom is -0.324 e. The van der Waals surface area contributed by atoms with Crippen molar-refractivity contribution in [3.8, 4) is 0 Å². The summed E-state index contributed by atoms with van der Waals surface area (Å²) in [6, 6.07) is 11.0. The van der Waals surface area contributed by atoms with Gasteiger partial charge in [0.25, 0.3) is 0 Å². The number of Topliss-reactive ketones (excluding diaryl/α,β-unsaturated/α-hetero) is 1. The summed E-state index contributed by atoms with van der Waals surface area (Å²) in [5.41, 5.74) is 3.02. The van der Waals surface area contributed by atoms with Gasteiger partial charge in [-0.1, -0.05) is 24.3 Å². The summed E-state index contributed by atoms with van der Waals surface area (Å²) in [7, 11) is -3.70. The van der Waals surface area contributed by atoms with E-state index in [2.05, 4.69) is 5.32 Å². The van der Waals surface area contributed by atoms with Crippen LogP contribution in [0.25, 0.3) is 0 Å². The smallest absolute Gasteiger partial charge is 0.247 e. The maximum Gasteiger partial charge on any atom is 0.247 e. The molecule has 0 fully saturated rings. The first-order valence-corrected chi connectivity index (χ1v) is 10.3. The highest BCUT2D eigenvalue weighted by Gasteiger charge is 2.30. The molecule has 1 amide bonds. The van der Waals surface area contributed by atoms with Crippen LogP contribution in [0.3, 0.4) is 0 Å². The Bertz CT molecular complexity index is 983. The molecule has 144 valence electrons. The maximum atomic E-state index is 12.7. The summed E-state index contributed by atoms with van der Waals surface area (Å²) < 4.78 is 26.0. The van der Waals surface area contributed by atoms with Gasteiger partial charge in [0.05, 0.1) is 11.9 Å². The second-order valence-corrected chi connectivity index (χ2v) is 8.51. The molecule has 27 heavy (non-hydrogen) atoms. The average Bonchev–Trinajstić information content (AvgIpc) is 2.57. The van der Waals surface area contributed by atoms with Crippen LogP contribution in [0.5, 0.6) is 0 Å². The lowest BCUT2D eigenvalue weighted by Crippen LogP contribution is -2.45. The van der Waals surface area contributed by atoms with Gasteiger partial charge in [-0.05, 0) is 57.0 Å². The maximum absolute atomic E-state index is 12.7. The van der Waals surface area contributed by atoms with Crippen LogP contribution in [0.15, 0.2) is 42.5 Å². The van der Waals surface area contributed by atoms with Crippen molar-refractivity contribution in [2.75, 3.05) is 15.9 Å².